The molecule has 5 heteroatoms. The van der Waals surface area contributed by atoms with E-state index in [1.165, 1.54) is 45.3 Å². The second kappa shape index (κ2) is 8.14. The third-order valence-corrected chi connectivity index (χ3v) is 5.06. The molecule has 0 spiro atoms. The average molecular weight is 325 g/mol. The van der Waals surface area contributed by atoms with E-state index in [-0.39, 0.29) is 0 Å². The van der Waals surface area contributed by atoms with E-state index in [1.807, 2.05) is 6.07 Å². The topological polar surface area (TPSA) is 34.6 Å². The van der Waals surface area contributed by atoms with Crippen LogP contribution in [0.25, 0.3) is 0 Å². The van der Waals surface area contributed by atoms with Gasteiger partial charge in [0.2, 0.25) is 0 Å². The third kappa shape index (κ3) is 4.58. The van der Waals surface area contributed by atoms with Crippen molar-refractivity contribution in [3.63, 3.8) is 0 Å². The zero-order valence-corrected chi connectivity index (χ0v) is 13.8. The molecule has 0 bridgehead atoms. The van der Waals surface area contributed by atoms with Gasteiger partial charge in [0.05, 0.1) is 6.61 Å². The van der Waals surface area contributed by atoms with E-state index >= 15 is 0 Å². The SMILES string of the molecule is Clc1cnccc1OCC1CCN(CC2CCOCC2)CC1. The zero-order chi connectivity index (χ0) is 15.2. The van der Waals surface area contributed by atoms with Crippen molar-refractivity contribution in [3.8, 4) is 5.75 Å². The lowest BCUT2D eigenvalue weighted by molar-refractivity contribution is 0.0446. The standard InChI is InChI=1S/C17H25ClN2O2/c18-16-11-19-6-1-17(16)22-13-15-2-7-20(8-3-15)12-14-4-9-21-10-5-14/h1,6,11,14-15H,2-5,7-10,12-13H2. The van der Waals surface area contributed by atoms with Gasteiger partial charge in [-0.15, -0.1) is 0 Å². The van der Waals surface area contributed by atoms with Gasteiger partial charge in [0, 0.05) is 38.2 Å². The predicted octanol–water partition coefficient (Wildman–Crippen LogP) is 3.25. The molecule has 0 amide bonds. The molecular formula is C17H25ClN2O2. The first kappa shape index (κ1) is 16.0. The van der Waals surface area contributed by atoms with E-state index in [2.05, 4.69) is 9.88 Å². The van der Waals surface area contributed by atoms with Crippen LogP contribution in [0.4, 0.5) is 0 Å². The van der Waals surface area contributed by atoms with Gasteiger partial charge in [0.25, 0.3) is 0 Å². The minimum atomic E-state index is 0.597. The number of hydrogen-bond donors (Lipinski definition) is 0. The summed E-state index contributed by atoms with van der Waals surface area (Å²) in [5.74, 6) is 2.22. The number of pyridine rings is 1. The van der Waals surface area contributed by atoms with E-state index in [0.29, 0.717) is 10.9 Å². The van der Waals surface area contributed by atoms with Gasteiger partial charge in [-0.05, 0) is 50.6 Å². The van der Waals surface area contributed by atoms with Gasteiger partial charge in [0.15, 0.2) is 0 Å². The van der Waals surface area contributed by atoms with E-state index < -0.39 is 0 Å². The first-order valence-electron chi connectivity index (χ1n) is 8.33. The van der Waals surface area contributed by atoms with E-state index in [0.717, 1.165) is 31.5 Å². The molecule has 22 heavy (non-hydrogen) atoms. The molecule has 2 saturated heterocycles. The van der Waals surface area contributed by atoms with E-state index in [4.69, 9.17) is 21.1 Å². The molecule has 1 aromatic heterocycles. The number of ether oxygens (including phenoxy) is 2. The number of rotatable bonds is 5. The number of hydrogen-bond acceptors (Lipinski definition) is 4. The molecule has 2 fully saturated rings. The quantitative estimate of drug-likeness (QED) is 0.832. The summed E-state index contributed by atoms with van der Waals surface area (Å²) in [5, 5.41) is 0.597. The van der Waals surface area contributed by atoms with Gasteiger partial charge in [-0.2, -0.15) is 0 Å². The fourth-order valence-corrected chi connectivity index (χ4v) is 3.49. The Bertz CT molecular complexity index is 458. The Morgan fingerprint density at radius 2 is 1.95 bits per heavy atom. The lowest BCUT2D eigenvalue weighted by Crippen LogP contribution is -2.39. The fraction of sp³-hybridized carbons (Fsp3) is 0.706. The van der Waals surface area contributed by atoms with Crippen LogP contribution in [0.3, 0.4) is 0 Å². The molecule has 3 heterocycles. The summed E-state index contributed by atoms with van der Waals surface area (Å²) in [6.07, 6.45) is 8.23. The molecule has 0 aromatic carbocycles. The summed E-state index contributed by atoms with van der Waals surface area (Å²) in [4.78, 5) is 6.59. The lowest BCUT2D eigenvalue weighted by Gasteiger charge is -2.35. The summed E-state index contributed by atoms with van der Waals surface area (Å²) >= 11 is 6.07. The Labute approximate surface area is 137 Å². The van der Waals surface area contributed by atoms with Crippen molar-refractivity contribution < 1.29 is 9.47 Å². The summed E-state index contributed by atoms with van der Waals surface area (Å²) < 4.78 is 11.3. The van der Waals surface area contributed by atoms with Gasteiger partial charge in [0.1, 0.15) is 10.8 Å². The van der Waals surface area contributed by atoms with Crippen molar-refractivity contribution in [1.29, 1.82) is 0 Å². The molecule has 4 nitrogen and oxygen atoms in total. The van der Waals surface area contributed by atoms with Crippen LogP contribution in [0.2, 0.25) is 5.02 Å². The smallest absolute Gasteiger partial charge is 0.141 e. The van der Waals surface area contributed by atoms with Crippen molar-refractivity contribution >= 4 is 11.6 Å². The first-order valence-corrected chi connectivity index (χ1v) is 8.71. The number of aromatic nitrogens is 1. The largest absolute Gasteiger partial charge is 0.492 e. The van der Waals surface area contributed by atoms with Crippen LogP contribution in [0.1, 0.15) is 25.7 Å². The van der Waals surface area contributed by atoms with Gasteiger partial charge in [-0.3, -0.25) is 4.98 Å². The van der Waals surface area contributed by atoms with Crippen LogP contribution < -0.4 is 4.74 Å². The Morgan fingerprint density at radius 1 is 1.18 bits per heavy atom. The normalized spacial score (nSPS) is 21.9. The highest BCUT2D eigenvalue weighted by molar-refractivity contribution is 6.31. The zero-order valence-electron chi connectivity index (χ0n) is 13.0. The molecular weight excluding hydrogens is 300 g/mol. The second-order valence-corrected chi connectivity index (χ2v) is 6.82. The monoisotopic (exact) mass is 324 g/mol. The molecule has 122 valence electrons. The van der Waals surface area contributed by atoms with Gasteiger partial charge in [-0.25, -0.2) is 0 Å². The molecule has 2 aliphatic heterocycles. The molecule has 0 unspecified atom stereocenters. The van der Waals surface area contributed by atoms with Crippen LogP contribution in [0, 0.1) is 11.8 Å². The van der Waals surface area contributed by atoms with Crippen molar-refractivity contribution in [2.24, 2.45) is 11.8 Å². The highest BCUT2D eigenvalue weighted by Crippen LogP contribution is 2.25. The van der Waals surface area contributed by atoms with Gasteiger partial charge < -0.3 is 14.4 Å². The van der Waals surface area contributed by atoms with Crippen LogP contribution in [-0.2, 0) is 4.74 Å². The minimum absolute atomic E-state index is 0.597. The van der Waals surface area contributed by atoms with Crippen molar-refractivity contribution in [2.75, 3.05) is 39.5 Å². The fourth-order valence-electron chi connectivity index (χ4n) is 3.32. The molecule has 0 radical (unpaired) electrons. The van der Waals surface area contributed by atoms with Crippen molar-refractivity contribution in [2.45, 2.75) is 25.7 Å². The summed E-state index contributed by atoms with van der Waals surface area (Å²) in [5.41, 5.74) is 0. The number of nitrogens with zero attached hydrogens (tertiary/aromatic N) is 2. The lowest BCUT2D eigenvalue weighted by atomic mass is 9.94. The molecule has 2 aliphatic rings. The third-order valence-electron chi connectivity index (χ3n) is 4.77. The number of halogens is 1. The second-order valence-electron chi connectivity index (χ2n) is 6.42. The van der Waals surface area contributed by atoms with Crippen LogP contribution in [0.5, 0.6) is 5.75 Å². The Kier molecular flexibility index (Phi) is 5.93. The molecule has 3 rings (SSSR count). The predicted molar refractivity (Wildman–Crippen MR) is 87.4 cm³/mol. The number of likely N-dealkylation sites (tertiary alicyclic amines) is 1. The molecule has 1 aromatic rings. The van der Waals surface area contributed by atoms with E-state index in [1.54, 1.807) is 12.4 Å². The minimum Gasteiger partial charge on any atom is -0.492 e. The average Bonchev–Trinajstić information content (AvgIpc) is 2.56. The summed E-state index contributed by atoms with van der Waals surface area (Å²) in [6.45, 7) is 6.27. The van der Waals surface area contributed by atoms with Crippen molar-refractivity contribution in [3.05, 3.63) is 23.5 Å². The molecule has 0 N–H and O–H groups in total. The Balaban J connectivity index is 1.37. The Hall–Kier alpha value is -0.840. The molecule has 0 atom stereocenters. The molecule has 0 saturated carbocycles. The van der Waals surface area contributed by atoms with E-state index in [9.17, 15) is 0 Å². The van der Waals surface area contributed by atoms with Crippen molar-refractivity contribution in [1.82, 2.24) is 9.88 Å². The highest BCUT2D eigenvalue weighted by Gasteiger charge is 2.23. The van der Waals surface area contributed by atoms with Crippen LogP contribution >= 0.6 is 11.6 Å². The molecule has 0 aliphatic carbocycles. The maximum Gasteiger partial charge on any atom is 0.141 e. The first-order chi connectivity index (χ1) is 10.8. The number of piperidine rings is 1. The highest BCUT2D eigenvalue weighted by atomic mass is 35.5. The maximum absolute atomic E-state index is 6.07. The maximum atomic E-state index is 6.07. The Morgan fingerprint density at radius 3 is 2.68 bits per heavy atom. The van der Waals surface area contributed by atoms with Crippen LogP contribution in [-0.4, -0.2) is 49.3 Å². The summed E-state index contributed by atoms with van der Waals surface area (Å²) in [6, 6.07) is 1.84. The van der Waals surface area contributed by atoms with Gasteiger partial charge >= 0.3 is 0 Å². The van der Waals surface area contributed by atoms with Crippen LogP contribution in [0.15, 0.2) is 18.5 Å². The summed E-state index contributed by atoms with van der Waals surface area (Å²) in [7, 11) is 0. The van der Waals surface area contributed by atoms with Gasteiger partial charge in [-0.1, -0.05) is 11.6 Å².